The first-order valence-corrected chi connectivity index (χ1v) is 20.0. The van der Waals surface area contributed by atoms with Crippen LogP contribution in [0.5, 0.6) is 11.5 Å². The number of fused-ring (bicyclic) bond motifs is 16. The second-order valence-electron chi connectivity index (χ2n) is 15.7. The minimum atomic E-state index is 0.709. The molecular weight excluding hydrogens is 725 g/mol. The number of ether oxygens (including phenoxy) is 1. The zero-order chi connectivity index (χ0) is 39.5. The molecule has 0 N–H and O–H groups in total. The maximum absolute atomic E-state index is 6.84. The summed E-state index contributed by atoms with van der Waals surface area (Å²) in [5.41, 5.74) is 17.5. The van der Waals surface area contributed by atoms with Crippen LogP contribution in [0, 0.1) is 27.7 Å². The molecule has 0 unspecified atom stereocenters. The molecule has 5 heterocycles. The van der Waals surface area contributed by atoms with E-state index in [2.05, 4.69) is 151 Å². The number of imidazole rings is 2. The van der Waals surface area contributed by atoms with Crippen molar-refractivity contribution in [1.82, 2.24) is 28.7 Å². The van der Waals surface area contributed by atoms with Gasteiger partial charge in [-0.15, -0.1) is 0 Å². The Morgan fingerprint density at radius 2 is 1.02 bits per heavy atom. The number of pyridine rings is 2. The maximum atomic E-state index is 6.84. The van der Waals surface area contributed by atoms with Crippen molar-refractivity contribution in [3.05, 3.63) is 168 Å². The molecule has 0 amide bonds. The Hall–Kier alpha value is -7.64. The summed E-state index contributed by atoms with van der Waals surface area (Å²) in [6.45, 7) is 8.90. The maximum Gasteiger partial charge on any atom is 0.150 e. The van der Waals surface area contributed by atoms with E-state index in [9.17, 15) is 0 Å². The van der Waals surface area contributed by atoms with Crippen molar-refractivity contribution in [2.24, 2.45) is 0 Å². The van der Waals surface area contributed by atoms with E-state index in [1.807, 2.05) is 30.5 Å². The van der Waals surface area contributed by atoms with Crippen LogP contribution >= 0.6 is 0 Å². The summed E-state index contributed by atoms with van der Waals surface area (Å²) < 4.78 is 11.3. The summed E-state index contributed by atoms with van der Waals surface area (Å²) >= 11 is 0. The van der Waals surface area contributed by atoms with Gasteiger partial charge in [-0.25, -0.2) is 19.9 Å². The van der Waals surface area contributed by atoms with E-state index in [-0.39, 0.29) is 0 Å². The van der Waals surface area contributed by atoms with Crippen molar-refractivity contribution >= 4 is 76.8 Å². The minimum Gasteiger partial charge on any atom is -0.457 e. The number of nitrogens with zero attached hydrogens (tertiary/aromatic N) is 6. The molecule has 7 nitrogen and oxygen atoms in total. The summed E-state index contributed by atoms with van der Waals surface area (Å²) in [6, 6.07) is 47.1. The van der Waals surface area contributed by atoms with E-state index in [4.69, 9.17) is 19.7 Å². The van der Waals surface area contributed by atoms with Crippen LogP contribution in [0.4, 0.5) is 0 Å². The molecule has 280 valence electrons. The second kappa shape index (κ2) is 12.4. The van der Waals surface area contributed by atoms with Gasteiger partial charge in [0.2, 0.25) is 0 Å². The molecule has 0 aliphatic heterocycles. The van der Waals surface area contributed by atoms with Crippen molar-refractivity contribution in [1.29, 1.82) is 0 Å². The summed E-state index contributed by atoms with van der Waals surface area (Å²) in [6.07, 6.45) is 3.48. The molecule has 0 atom stereocenters. The lowest BCUT2D eigenvalue weighted by atomic mass is 9.83. The van der Waals surface area contributed by atoms with Gasteiger partial charge in [-0.2, -0.15) is 0 Å². The SMILES string of the molecule is Cc1cccc(C)c1-c1ccc2c(c1-c1c(C)cccc1C)c1ccc(Oc3ccc4c5cncnc5n5c6ccccc6nc5c4c3)cc1c1nc3ccccc3n21. The van der Waals surface area contributed by atoms with Crippen LogP contribution in [0.25, 0.3) is 99.1 Å². The van der Waals surface area contributed by atoms with Gasteiger partial charge in [-0.3, -0.25) is 8.80 Å². The highest BCUT2D eigenvalue weighted by Crippen LogP contribution is 2.47. The van der Waals surface area contributed by atoms with E-state index < -0.39 is 0 Å². The molecule has 0 saturated carbocycles. The largest absolute Gasteiger partial charge is 0.457 e. The summed E-state index contributed by atoms with van der Waals surface area (Å²) in [5, 5.41) is 6.27. The lowest BCUT2D eigenvalue weighted by Crippen LogP contribution is -2.00. The normalized spacial score (nSPS) is 12.1. The third-order valence-electron chi connectivity index (χ3n) is 12.2. The highest BCUT2D eigenvalue weighted by Gasteiger charge is 2.24. The zero-order valence-electron chi connectivity index (χ0n) is 32.9. The monoisotopic (exact) mass is 760 g/mol. The van der Waals surface area contributed by atoms with Crippen molar-refractivity contribution < 1.29 is 4.74 Å². The molecular formula is C52H36N6O. The number of aryl methyl sites for hydroxylation is 4. The number of aromatic nitrogens is 6. The molecule has 0 saturated heterocycles. The van der Waals surface area contributed by atoms with Crippen molar-refractivity contribution in [3.63, 3.8) is 0 Å². The lowest BCUT2D eigenvalue weighted by Gasteiger charge is -2.22. The number of hydrogen-bond donors (Lipinski definition) is 0. The van der Waals surface area contributed by atoms with Crippen LogP contribution in [0.3, 0.4) is 0 Å². The van der Waals surface area contributed by atoms with E-state index in [0.717, 1.165) is 77.2 Å². The Bertz CT molecular complexity index is 3720. The highest BCUT2D eigenvalue weighted by molar-refractivity contribution is 6.21. The Morgan fingerprint density at radius 1 is 0.441 bits per heavy atom. The average molecular weight is 761 g/mol. The smallest absolute Gasteiger partial charge is 0.150 e. The molecule has 12 aromatic rings. The quantitative estimate of drug-likeness (QED) is 0.167. The first-order chi connectivity index (χ1) is 28.9. The molecule has 7 heteroatoms. The predicted molar refractivity (Wildman–Crippen MR) is 241 cm³/mol. The molecule has 0 aliphatic carbocycles. The van der Waals surface area contributed by atoms with Crippen LogP contribution in [-0.4, -0.2) is 28.7 Å². The summed E-state index contributed by atoms with van der Waals surface area (Å²) in [5.74, 6) is 1.43. The van der Waals surface area contributed by atoms with Crippen LogP contribution in [0.2, 0.25) is 0 Å². The predicted octanol–water partition coefficient (Wildman–Crippen LogP) is 13.1. The molecule has 0 bridgehead atoms. The Labute approximate surface area is 338 Å². The van der Waals surface area contributed by atoms with Crippen LogP contribution in [0.15, 0.2) is 146 Å². The van der Waals surface area contributed by atoms with Gasteiger partial charge in [0.05, 0.1) is 27.6 Å². The molecule has 0 fully saturated rings. The fraction of sp³-hybridized carbons (Fsp3) is 0.0769. The van der Waals surface area contributed by atoms with E-state index >= 15 is 0 Å². The molecule has 5 aromatic heterocycles. The first-order valence-electron chi connectivity index (χ1n) is 20.0. The number of benzene rings is 7. The summed E-state index contributed by atoms with van der Waals surface area (Å²) in [4.78, 5) is 19.5. The topological polar surface area (TPSA) is 69.6 Å². The van der Waals surface area contributed by atoms with E-state index in [1.165, 1.54) is 49.9 Å². The van der Waals surface area contributed by atoms with Crippen LogP contribution in [0.1, 0.15) is 22.3 Å². The van der Waals surface area contributed by atoms with Gasteiger partial charge in [0.1, 0.15) is 34.8 Å². The van der Waals surface area contributed by atoms with Gasteiger partial charge >= 0.3 is 0 Å². The molecule has 12 rings (SSSR count). The zero-order valence-corrected chi connectivity index (χ0v) is 32.9. The fourth-order valence-electron chi connectivity index (χ4n) is 9.66. The van der Waals surface area contributed by atoms with Gasteiger partial charge in [0.25, 0.3) is 0 Å². The first kappa shape index (κ1) is 33.5. The van der Waals surface area contributed by atoms with Crippen molar-refractivity contribution in [2.45, 2.75) is 27.7 Å². The molecule has 7 aromatic carbocycles. The van der Waals surface area contributed by atoms with Crippen molar-refractivity contribution in [3.8, 4) is 33.8 Å². The molecule has 0 aliphatic rings. The van der Waals surface area contributed by atoms with Gasteiger partial charge in [-0.05, 0) is 144 Å². The Kier molecular flexibility index (Phi) is 7.06. The molecule has 59 heavy (non-hydrogen) atoms. The van der Waals surface area contributed by atoms with Gasteiger partial charge in [0, 0.05) is 33.3 Å². The van der Waals surface area contributed by atoms with Gasteiger partial charge in [-0.1, -0.05) is 66.7 Å². The third kappa shape index (κ3) is 4.82. The Morgan fingerprint density at radius 3 is 1.69 bits per heavy atom. The van der Waals surface area contributed by atoms with E-state index in [1.54, 1.807) is 6.33 Å². The lowest BCUT2D eigenvalue weighted by molar-refractivity contribution is 0.484. The summed E-state index contributed by atoms with van der Waals surface area (Å²) in [7, 11) is 0. The number of para-hydroxylation sites is 4. The fourth-order valence-corrected chi connectivity index (χ4v) is 9.66. The van der Waals surface area contributed by atoms with Crippen LogP contribution < -0.4 is 4.74 Å². The van der Waals surface area contributed by atoms with Crippen molar-refractivity contribution in [2.75, 3.05) is 0 Å². The van der Waals surface area contributed by atoms with Gasteiger partial charge < -0.3 is 4.74 Å². The Balaban J connectivity index is 1.14. The minimum absolute atomic E-state index is 0.709. The second-order valence-corrected chi connectivity index (χ2v) is 15.7. The number of hydrogen-bond acceptors (Lipinski definition) is 5. The molecule has 0 spiro atoms. The van der Waals surface area contributed by atoms with Gasteiger partial charge in [0.15, 0.2) is 0 Å². The standard InChI is InChI=1S/C52H36N6O/c1-29-11-9-12-30(2)46(29)37-23-24-45-48(49(37)47-31(3)13-10-14-32(47)4)36-22-20-34(26-39(36)51-55-41-15-5-7-17-43(41)57(45)51)59-33-19-21-35-38(25-33)52-56-42-16-6-8-18-44(42)58(52)50-40(35)27-53-28-54-50/h5-28H,1-4H3. The van der Waals surface area contributed by atoms with Crippen LogP contribution in [-0.2, 0) is 0 Å². The van der Waals surface area contributed by atoms with E-state index in [0.29, 0.717) is 5.75 Å². The highest BCUT2D eigenvalue weighted by atomic mass is 16.5. The number of rotatable bonds is 4. The third-order valence-corrected chi connectivity index (χ3v) is 12.2. The average Bonchev–Trinajstić information content (AvgIpc) is 3.84. The molecule has 0 radical (unpaired) electrons.